The molecule has 3 rings (SSSR count). The van der Waals surface area contributed by atoms with Gasteiger partial charge in [0.2, 0.25) is 0 Å². The molecule has 0 bridgehead atoms. The third-order valence-electron chi connectivity index (χ3n) is 7.69. The van der Waals surface area contributed by atoms with Crippen LogP contribution in [-0.4, -0.2) is 23.6 Å². The maximum atomic E-state index is 13.1. The molecular weight excluding hydrogens is 533 g/mol. The zero-order valence-electron chi connectivity index (χ0n) is 25.2. The van der Waals surface area contributed by atoms with Crippen molar-refractivity contribution in [3.63, 3.8) is 0 Å². The number of unbranched alkanes of at least 4 members (excludes halogenated alkanes) is 2. The Kier molecular flexibility index (Phi) is 11.7. The van der Waals surface area contributed by atoms with Crippen LogP contribution in [0.2, 0.25) is 0 Å². The molecule has 7 heteroatoms. The zero-order chi connectivity index (χ0) is 29.3. The van der Waals surface area contributed by atoms with Gasteiger partial charge >= 0.3 is 0 Å². The Morgan fingerprint density at radius 2 is 1.95 bits per heavy atom. The monoisotopic (exact) mass is 581 g/mol. The number of rotatable bonds is 14. The van der Waals surface area contributed by atoms with Gasteiger partial charge in [0.15, 0.2) is 0 Å². The normalized spacial score (nSPS) is 22.8. The van der Waals surface area contributed by atoms with E-state index in [0.29, 0.717) is 17.8 Å². The molecule has 1 saturated carbocycles. The number of carbonyl (C=O) groups excluding carboxylic acids is 1. The summed E-state index contributed by atoms with van der Waals surface area (Å²) in [5, 5.41) is 6.67. The molecule has 2 aliphatic rings. The van der Waals surface area contributed by atoms with Gasteiger partial charge in [0, 0.05) is 17.9 Å². The van der Waals surface area contributed by atoms with Crippen molar-refractivity contribution in [2.75, 3.05) is 6.54 Å². The number of aryl methyl sites for hydroxylation is 1. The van der Waals surface area contributed by atoms with E-state index in [-0.39, 0.29) is 22.5 Å². The third kappa shape index (κ3) is 8.38. The van der Waals surface area contributed by atoms with Gasteiger partial charge in [-0.05, 0) is 79.9 Å². The Labute approximate surface area is 247 Å². The van der Waals surface area contributed by atoms with Crippen LogP contribution in [0.15, 0.2) is 83.6 Å². The molecule has 0 aromatic heterocycles. The summed E-state index contributed by atoms with van der Waals surface area (Å²) >= 11 is 1.41. The highest BCUT2D eigenvalue weighted by Crippen LogP contribution is 2.62. The zero-order valence-corrected chi connectivity index (χ0v) is 26.9. The van der Waals surface area contributed by atoms with E-state index in [4.69, 9.17) is 9.69 Å². The lowest BCUT2D eigenvalue weighted by Gasteiger charge is -2.35. The summed E-state index contributed by atoms with van der Waals surface area (Å²) in [6.45, 7) is 18.0. The van der Waals surface area contributed by atoms with Crippen molar-refractivity contribution < 1.29 is 8.98 Å². The van der Waals surface area contributed by atoms with E-state index >= 15 is 0 Å². The number of nitrogens with one attached hydrogen (secondary N) is 2. The number of fused-ring (bicyclic) bond motifs is 1. The van der Waals surface area contributed by atoms with Gasteiger partial charge in [0.05, 0.1) is 30.0 Å². The van der Waals surface area contributed by atoms with Crippen LogP contribution in [0.3, 0.4) is 0 Å². The molecule has 1 aromatic carbocycles. The average Bonchev–Trinajstić information content (AvgIpc) is 3.19. The second kappa shape index (κ2) is 14.6. The van der Waals surface area contributed by atoms with Crippen LogP contribution in [0.25, 0.3) is 0 Å². The lowest BCUT2D eigenvalue weighted by molar-refractivity contribution is -0.117. The highest BCUT2D eigenvalue weighted by Gasteiger charge is 2.46. The molecule has 0 spiro atoms. The van der Waals surface area contributed by atoms with Crippen LogP contribution in [0.5, 0.6) is 5.75 Å². The minimum Gasteiger partial charge on any atom is -0.420 e. The molecule has 0 aliphatic heterocycles. The molecule has 40 heavy (non-hydrogen) atoms. The topological polar surface area (TPSA) is 76.4 Å². The Hall–Kier alpha value is -2.27. The van der Waals surface area contributed by atoms with Crippen LogP contribution in [-0.2, 0) is 11.2 Å². The average molecular weight is 582 g/mol. The second-order valence-corrected chi connectivity index (χ2v) is 15.0. The van der Waals surface area contributed by atoms with E-state index in [0.717, 1.165) is 44.3 Å². The van der Waals surface area contributed by atoms with Crippen molar-refractivity contribution in [3.05, 3.63) is 89.2 Å². The first-order valence-corrected chi connectivity index (χ1v) is 17.4. The van der Waals surface area contributed by atoms with Crippen LogP contribution < -0.4 is 20.3 Å². The predicted molar refractivity (Wildman–Crippen MR) is 174 cm³/mol. The smallest absolute Gasteiger partial charge is 0.253 e. The molecule has 0 saturated heterocycles. The lowest BCUT2D eigenvalue weighted by atomic mass is 9.79. The van der Waals surface area contributed by atoms with Gasteiger partial charge in [-0.1, -0.05) is 83.6 Å². The summed E-state index contributed by atoms with van der Waals surface area (Å²) in [6, 6.07) is 8.24. The van der Waals surface area contributed by atoms with Crippen molar-refractivity contribution in [1.82, 2.24) is 10.6 Å². The fraction of sp³-hybridized carbons (Fsp3) is 0.485. The fourth-order valence-electron chi connectivity index (χ4n) is 5.38. The van der Waals surface area contributed by atoms with E-state index in [1.807, 2.05) is 37.3 Å². The van der Waals surface area contributed by atoms with Crippen LogP contribution in [0, 0.1) is 5.41 Å². The fourth-order valence-corrected chi connectivity index (χ4v) is 8.28. The molecule has 1 fully saturated rings. The molecule has 2 aliphatic carbocycles. The Morgan fingerprint density at radius 1 is 1.23 bits per heavy atom. The van der Waals surface area contributed by atoms with Gasteiger partial charge in [-0.3, -0.25) is 10.3 Å². The Bertz CT molecular complexity index is 1170. The lowest BCUT2D eigenvalue weighted by Crippen LogP contribution is -2.43. The van der Waals surface area contributed by atoms with Crippen molar-refractivity contribution in [3.8, 4) is 5.75 Å². The number of nitrogens with two attached hydrogens (primary N) is 1. The summed E-state index contributed by atoms with van der Waals surface area (Å²) in [7, 11) is -0.971. The van der Waals surface area contributed by atoms with E-state index in [9.17, 15) is 4.79 Å². The summed E-state index contributed by atoms with van der Waals surface area (Å²) in [5.74, 6) is 0.739. The van der Waals surface area contributed by atoms with Gasteiger partial charge < -0.3 is 14.8 Å². The van der Waals surface area contributed by atoms with E-state index < -0.39 is 7.27 Å². The van der Waals surface area contributed by atoms with Gasteiger partial charge in [-0.15, -0.1) is 0 Å². The number of amides is 1. The van der Waals surface area contributed by atoms with Crippen LogP contribution >= 0.6 is 18.9 Å². The first-order chi connectivity index (χ1) is 19.0. The highest BCUT2D eigenvalue weighted by atomic mass is 32.7. The van der Waals surface area contributed by atoms with Gasteiger partial charge in [0.25, 0.3) is 5.91 Å². The van der Waals surface area contributed by atoms with Crippen molar-refractivity contribution in [1.29, 1.82) is 0 Å². The van der Waals surface area contributed by atoms with Crippen molar-refractivity contribution in [2.45, 2.75) is 91.3 Å². The molecule has 0 radical (unpaired) electrons. The molecule has 5 nitrogen and oxygen atoms in total. The SMILES string of the molecule is C=C(NC1(C)C=C2C(=CC1)C(C)(C)CC2P(N)SOc1ccc(CC)cc1)/C(=C\C=C/C)C(=O)NCCCCC. The quantitative estimate of drug-likeness (QED) is 0.0678. The molecule has 3 atom stereocenters. The molecule has 218 valence electrons. The maximum absolute atomic E-state index is 13.1. The summed E-state index contributed by atoms with van der Waals surface area (Å²) in [6.07, 6.45) is 16.3. The first kappa shape index (κ1) is 32.2. The van der Waals surface area contributed by atoms with Crippen molar-refractivity contribution in [2.24, 2.45) is 10.9 Å². The largest absolute Gasteiger partial charge is 0.420 e. The molecule has 4 N–H and O–H groups in total. The molecule has 3 unspecified atom stereocenters. The first-order valence-electron chi connectivity index (χ1n) is 14.5. The van der Waals surface area contributed by atoms with Gasteiger partial charge in [0.1, 0.15) is 5.75 Å². The number of allylic oxidation sites excluding steroid dienone is 5. The number of carbonyl (C=O) groups is 1. The number of hydrogen-bond donors (Lipinski definition) is 3. The summed E-state index contributed by atoms with van der Waals surface area (Å²) in [4.78, 5) is 13.1. The Morgan fingerprint density at radius 3 is 2.60 bits per heavy atom. The van der Waals surface area contributed by atoms with Crippen LogP contribution in [0.4, 0.5) is 0 Å². The van der Waals surface area contributed by atoms with Gasteiger partial charge in [-0.25, -0.2) is 0 Å². The Balaban J connectivity index is 1.75. The number of hydrogen-bond acceptors (Lipinski definition) is 5. The highest BCUT2D eigenvalue weighted by molar-refractivity contribution is 8.53. The maximum Gasteiger partial charge on any atom is 0.253 e. The second-order valence-electron chi connectivity index (χ2n) is 11.6. The summed E-state index contributed by atoms with van der Waals surface area (Å²) in [5.41, 5.74) is 11.9. The van der Waals surface area contributed by atoms with Crippen molar-refractivity contribution >= 4 is 24.8 Å². The molecule has 1 aromatic rings. The third-order valence-corrected chi connectivity index (χ3v) is 10.7. The molecular formula is C33H48N3O2PS. The minimum atomic E-state index is -0.971. The summed E-state index contributed by atoms with van der Waals surface area (Å²) < 4.78 is 6.07. The van der Waals surface area contributed by atoms with Gasteiger partial charge in [-0.2, -0.15) is 0 Å². The number of benzene rings is 1. The standard InChI is InChI=1S/C33H48N3O2PS/c1-8-11-13-21-35-31(37)27(14-12-9-2)24(4)36-33(7)20-19-29-28(22-33)30(23-32(29,5)6)39(34)40-38-26-17-15-25(10-3)16-18-26/h9,12,14-19,22,30,36H,4,8,10-11,13,20-21,23,34H2,1-3,5-7H3,(H,35,37)/b12-9-,27-14+. The minimum absolute atomic E-state index is 0.0491. The van der Waals surface area contributed by atoms with E-state index in [1.54, 1.807) is 0 Å². The predicted octanol–water partition coefficient (Wildman–Crippen LogP) is 8.27. The van der Waals surface area contributed by atoms with E-state index in [1.165, 1.54) is 28.4 Å². The molecule has 0 heterocycles. The van der Waals surface area contributed by atoms with E-state index in [2.05, 4.69) is 76.1 Å². The van der Waals surface area contributed by atoms with Crippen LogP contribution in [0.1, 0.15) is 79.2 Å². The molecule has 1 amide bonds.